The number of halogens is 1. The van der Waals surface area contributed by atoms with Gasteiger partial charge in [0.05, 0.1) is 12.9 Å². The molecule has 0 bridgehead atoms. The second-order valence-corrected chi connectivity index (χ2v) is 6.75. The Morgan fingerprint density at radius 2 is 2.16 bits per heavy atom. The maximum Gasteiger partial charge on any atom is 0.263 e. The van der Waals surface area contributed by atoms with Crippen LogP contribution >= 0.6 is 11.6 Å². The van der Waals surface area contributed by atoms with Gasteiger partial charge in [-0.25, -0.2) is 13.4 Å². The molecule has 0 aliphatic carbocycles. The van der Waals surface area contributed by atoms with Crippen LogP contribution in [-0.2, 0) is 21.9 Å². The maximum atomic E-state index is 12.2. The summed E-state index contributed by atoms with van der Waals surface area (Å²) in [4.78, 5) is 15.3. The summed E-state index contributed by atoms with van der Waals surface area (Å²) in [6.45, 7) is 3.30. The van der Waals surface area contributed by atoms with E-state index in [1.807, 2.05) is 0 Å². The summed E-state index contributed by atoms with van der Waals surface area (Å²) in [6, 6.07) is -0.0537. The number of carbonyl (C=O) groups excluding carboxylic acids is 1. The predicted molar refractivity (Wildman–Crippen MR) is 71.3 cm³/mol. The molecule has 0 saturated carbocycles. The molecule has 0 spiro atoms. The molecule has 108 valence electrons. The monoisotopic (exact) mass is 308 g/mol. The smallest absolute Gasteiger partial charge is 0.263 e. The Bertz CT molecular complexity index is 567. The topological polar surface area (TPSA) is 84.3 Å². The third kappa shape index (κ3) is 3.68. The van der Waals surface area contributed by atoms with Crippen LogP contribution in [0.5, 0.6) is 0 Å². The van der Waals surface area contributed by atoms with Gasteiger partial charge in [-0.3, -0.25) is 4.79 Å². The maximum absolute atomic E-state index is 12.2. The first-order valence-corrected chi connectivity index (χ1v) is 7.40. The van der Waals surface area contributed by atoms with Crippen molar-refractivity contribution >= 4 is 27.5 Å². The van der Waals surface area contributed by atoms with E-state index in [4.69, 9.17) is 11.6 Å². The van der Waals surface area contributed by atoms with E-state index in [2.05, 4.69) is 10.3 Å². The first kappa shape index (κ1) is 15.9. The minimum atomic E-state index is -3.87. The zero-order valence-corrected chi connectivity index (χ0v) is 12.8. The number of likely N-dealkylation sites (N-methyl/N-ethyl adjacent to an activating group) is 1. The highest BCUT2D eigenvalue weighted by atomic mass is 35.5. The van der Waals surface area contributed by atoms with Crippen molar-refractivity contribution in [3.63, 3.8) is 0 Å². The third-order valence-corrected chi connectivity index (χ3v) is 4.60. The van der Waals surface area contributed by atoms with Gasteiger partial charge in [0.2, 0.25) is 10.9 Å². The number of carbonyl (C=O) groups is 1. The van der Waals surface area contributed by atoms with Gasteiger partial charge in [0.15, 0.2) is 0 Å². The van der Waals surface area contributed by atoms with Crippen molar-refractivity contribution in [2.45, 2.75) is 24.9 Å². The van der Waals surface area contributed by atoms with Gasteiger partial charge in [-0.2, -0.15) is 4.31 Å². The molecular formula is C10H17ClN4O3S. The summed E-state index contributed by atoms with van der Waals surface area (Å²) >= 11 is 5.85. The van der Waals surface area contributed by atoms with E-state index in [-0.39, 0.29) is 28.7 Å². The van der Waals surface area contributed by atoms with Crippen molar-refractivity contribution in [2.75, 3.05) is 13.6 Å². The summed E-state index contributed by atoms with van der Waals surface area (Å²) in [6.07, 6.45) is 1.30. The van der Waals surface area contributed by atoms with Gasteiger partial charge in [0.25, 0.3) is 10.0 Å². The lowest BCUT2D eigenvalue weighted by atomic mass is 10.4. The van der Waals surface area contributed by atoms with Crippen molar-refractivity contribution in [3.05, 3.63) is 11.5 Å². The van der Waals surface area contributed by atoms with Crippen LogP contribution in [0.2, 0.25) is 5.15 Å². The number of hydrogen-bond acceptors (Lipinski definition) is 4. The summed E-state index contributed by atoms with van der Waals surface area (Å²) in [5.74, 6) is -0.381. The Morgan fingerprint density at radius 3 is 2.58 bits per heavy atom. The molecule has 0 unspecified atom stereocenters. The highest BCUT2D eigenvalue weighted by molar-refractivity contribution is 7.89. The average molecular weight is 309 g/mol. The lowest BCUT2D eigenvalue weighted by Gasteiger charge is -2.16. The number of aromatic nitrogens is 2. The summed E-state index contributed by atoms with van der Waals surface area (Å²) < 4.78 is 26.6. The fraction of sp³-hybridized carbons (Fsp3) is 0.600. The van der Waals surface area contributed by atoms with Gasteiger partial charge in [-0.15, -0.1) is 0 Å². The minimum absolute atomic E-state index is 0.0103. The molecule has 1 aromatic rings. The number of rotatable bonds is 5. The van der Waals surface area contributed by atoms with Crippen molar-refractivity contribution in [1.82, 2.24) is 19.2 Å². The van der Waals surface area contributed by atoms with E-state index in [0.29, 0.717) is 0 Å². The molecule has 0 radical (unpaired) electrons. The molecule has 1 amide bonds. The van der Waals surface area contributed by atoms with Gasteiger partial charge in [0, 0.05) is 20.1 Å². The van der Waals surface area contributed by atoms with Crippen LogP contribution in [0, 0.1) is 0 Å². The zero-order chi connectivity index (χ0) is 14.8. The largest absolute Gasteiger partial charge is 0.353 e. The summed E-state index contributed by atoms with van der Waals surface area (Å²) in [5, 5.41) is 2.37. The lowest BCUT2D eigenvalue weighted by molar-refractivity contribution is -0.121. The van der Waals surface area contributed by atoms with E-state index in [1.54, 1.807) is 20.9 Å². The number of hydrogen-bond donors (Lipinski definition) is 1. The van der Waals surface area contributed by atoms with E-state index in [0.717, 1.165) is 4.31 Å². The van der Waals surface area contributed by atoms with Crippen LogP contribution in [0.3, 0.4) is 0 Å². The molecule has 0 fully saturated rings. The number of sulfonamides is 1. The third-order valence-electron chi connectivity index (χ3n) is 2.30. The van der Waals surface area contributed by atoms with Crippen LogP contribution in [0.15, 0.2) is 11.4 Å². The normalized spacial score (nSPS) is 12.2. The van der Waals surface area contributed by atoms with Crippen molar-refractivity contribution in [1.29, 1.82) is 0 Å². The van der Waals surface area contributed by atoms with E-state index >= 15 is 0 Å². The van der Waals surface area contributed by atoms with Crippen LogP contribution in [0.4, 0.5) is 0 Å². The first-order valence-electron chi connectivity index (χ1n) is 5.58. The highest BCUT2D eigenvalue weighted by Gasteiger charge is 2.28. The standard InChI is InChI=1S/C10H17ClN4O3S/c1-7(2)13-8(16)5-15(4)19(17,18)10-9(11)14(3)6-12-10/h6-7H,5H2,1-4H3,(H,13,16). The van der Waals surface area contributed by atoms with E-state index in [9.17, 15) is 13.2 Å². The molecular weight excluding hydrogens is 292 g/mol. The van der Waals surface area contributed by atoms with Crippen molar-refractivity contribution in [2.24, 2.45) is 7.05 Å². The number of nitrogens with zero attached hydrogens (tertiary/aromatic N) is 3. The van der Waals surface area contributed by atoms with Gasteiger partial charge in [-0.1, -0.05) is 11.6 Å². The zero-order valence-electron chi connectivity index (χ0n) is 11.2. The molecule has 7 nitrogen and oxygen atoms in total. The number of imidazole rings is 1. The minimum Gasteiger partial charge on any atom is -0.353 e. The SMILES string of the molecule is CC(C)NC(=O)CN(C)S(=O)(=O)c1ncn(C)c1Cl. The van der Waals surface area contributed by atoms with Gasteiger partial charge in [-0.05, 0) is 13.8 Å². The van der Waals surface area contributed by atoms with Crippen LogP contribution < -0.4 is 5.32 Å². The lowest BCUT2D eigenvalue weighted by Crippen LogP contribution is -2.41. The van der Waals surface area contributed by atoms with Gasteiger partial charge in [0.1, 0.15) is 5.15 Å². The Balaban J connectivity index is 2.89. The Hall–Kier alpha value is -1.12. The quantitative estimate of drug-likeness (QED) is 0.843. The van der Waals surface area contributed by atoms with Crippen LogP contribution in [-0.4, -0.2) is 47.8 Å². The molecule has 0 atom stereocenters. The second kappa shape index (κ2) is 5.89. The molecule has 0 aliphatic heterocycles. The average Bonchev–Trinajstić information content (AvgIpc) is 2.58. The first-order chi connectivity index (χ1) is 8.66. The van der Waals surface area contributed by atoms with Crippen molar-refractivity contribution < 1.29 is 13.2 Å². The molecule has 0 aromatic carbocycles. The highest BCUT2D eigenvalue weighted by Crippen LogP contribution is 2.21. The van der Waals surface area contributed by atoms with E-state index in [1.165, 1.54) is 17.9 Å². The Morgan fingerprint density at radius 1 is 1.58 bits per heavy atom. The number of nitrogens with one attached hydrogen (secondary N) is 1. The van der Waals surface area contributed by atoms with Crippen molar-refractivity contribution in [3.8, 4) is 0 Å². The molecule has 1 heterocycles. The molecule has 1 N–H and O–H groups in total. The summed E-state index contributed by atoms with van der Waals surface area (Å²) in [7, 11) is -0.982. The summed E-state index contributed by atoms with van der Waals surface area (Å²) in [5.41, 5.74) is 0. The Kier molecular flexibility index (Phi) is 4.94. The number of aryl methyl sites for hydroxylation is 1. The van der Waals surface area contributed by atoms with Crippen LogP contribution in [0.25, 0.3) is 0 Å². The van der Waals surface area contributed by atoms with Gasteiger partial charge >= 0.3 is 0 Å². The molecule has 19 heavy (non-hydrogen) atoms. The second-order valence-electron chi connectivity index (χ2n) is 4.43. The fourth-order valence-corrected chi connectivity index (χ4v) is 2.87. The molecule has 9 heteroatoms. The van der Waals surface area contributed by atoms with Gasteiger partial charge < -0.3 is 9.88 Å². The number of amides is 1. The van der Waals surface area contributed by atoms with Crippen LogP contribution in [0.1, 0.15) is 13.8 Å². The molecule has 1 rings (SSSR count). The fourth-order valence-electron chi connectivity index (χ4n) is 1.37. The molecule has 1 aromatic heterocycles. The Labute approximate surface area is 117 Å². The predicted octanol–water partition coefficient (Wildman–Crippen LogP) is 0.219. The molecule has 0 aliphatic rings. The molecule has 0 saturated heterocycles. The van der Waals surface area contributed by atoms with E-state index < -0.39 is 10.0 Å².